The molecular weight excluding hydrogens is 304 g/mol. The predicted molar refractivity (Wildman–Crippen MR) is 82.4 cm³/mol. The molecule has 3 heterocycles. The fourth-order valence-electron chi connectivity index (χ4n) is 2.95. The number of nitrogens with one attached hydrogen (secondary N) is 2. The number of urea groups is 1. The highest BCUT2D eigenvalue weighted by molar-refractivity contribution is 7.22. The Bertz CT molecular complexity index is 789. The summed E-state index contributed by atoms with van der Waals surface area (Å²) in [5.74, 6) is 0.521. The number of carbonyl (C=O) groups excluding carboxylic acids is 2. The Balaban J connectivity index is 1.63. The van der Waals surface area contributed by atoms with Crippen LogP contribution in [0.25, 0.3) is 10.2 Å². The number of anilines is 1. The third-order valence-corrected chi connectivity index (χ3v) is 5.23. The number of fused-ring (bicyclic) bond motifs is 1. The monoisotopic (exact) mass is 318 g/mol. The number of imide groups is 1. The van der Waals surface area contributed by atoms with Gasteiger partial charge in [-0.15, -0.1) is 0 Å². The number of methoxy groups -OCH3 is 1. The van der Waals surface area contributed by atoms with Crippen LogP contribution in [0.5, 0.6) is 5.75 Å². The SMILES string of the molecule is COc1ccc2sc(N3CCC4(C3)NC(=O)NC4=O)nc2c1. The fraction of sp³-hybridized carbons (Fsp3) is 0.357. The molecule has 0 radical (unpaired) electrons. The van der Waals surface area contributed by atoms with Crippen molar-refractivity contribution in [1.82, 2.24) is 15.6 Å². The number of nitrogens with zero attached hydrogens (tertiary/aromatic N) is 2. The molecule has 2 aromatic rings. The number of hydrogen-bond donors (Lipinski definition) is 2. The number of carbonyl (C=O) groups is 2. The predicted octanol–water partition coefficient (Wildman–Crippen LogP) is 1.09. The average Bonchev–Trinajstić information content (AvgIpc) is 3.16. The Morgan fingerprint density at radius 2 is 2.27 bits per heavy atom. The van der Waals surface area contributed by atoms with E-state index in [9.17, 15) is 9.59 Å². The van der Waals surface area contributed by atoms with Gasteiger partial charge >= 0.3 is 6.03 Å². The van der Waals surface area contributed by atoms with Crippen LogP contribution in [0.3, 0.4) is 0 Å². The number of thiazole rings is 1. The minimum atomic E-state index is -0.813. The fourth-order valence-corrected chi connectivity index (χ4v) is 3.92. The molecule has 1 spiro atoms. The van der Waals surface area contributed by atoms with Crippen molar-refractivity contribution in [2.45, 2.75) is 12.0 Å². The molecule has 2 aliphatic heterocycles. The second-order valence-corrected chi connectivity index (χ2v) is 6.50. The summed E-state index contributed by atoms with van der Waals surface area (Å²) in [7, 11) is 1.63. The van der Waals surface area contributed by atoms with Crippen molar-refractivity contribution in [2.24, 2.45) is 0 Å². The lowest BCUT2D eigenvalue weighted by Crippen LogP contribution is -2.49. The van der Waals surface area contributed by atoms with Crippen LogP contribution in [0, 0.1) is 0 Å². The van der Waals surface area contributed by atoms with Crippen molar-refractivity contribution in [3.05, 3.63) is 18.2 Å². The van der Waals surface area contributed by atoms with Gasteiger partial charge in [-0.1, -0.05) is 11.3 Å². The molecule has 7 nitrogen and oxygen atoms in total. The van der Waals surface area contributed by atoms with E-state index in [0.29, 0.717) is 19.5 Å². The number of amides is 3. The van der Waals surface area contributed by atoms with Gasteiger partial charge in [-0.2, -0.15) is 0 Å². The van der Waals surface area contributed by atoms with Crippen molar-refractivity contribution in [3.8, 4) is 5.75 Å². The first-order chi connectivity index (χ1) is 10.6. The van der Waals surface area contributed by atoms with Crippen LogP contribution in [0.1, 0.15) is 6.42 Å². The first-order valence-electron chi connectivity index (χ1n) is 6.93. The number of aromatic nitrogens is 1. The Labute approximate surface area is 130 Å². The van der Waals surface area contributed by atoms with E-state index < -0.39 is 11.6 Å². The zero-order valence-corrected chi connectivity index (χ0v) is 12.7. The van der Waals surface area contributed by atoms with Crippen molar-refractivity contribution in [3.63, 3.8) is 0 Å². The topological polar surface area (TPSA) is 83.6 Å². The van der Waals surface area contributed by atoms with Crippen LogP contribution in [0.4, 0.5) is 9.93 Å². The molecule has 1 aromatic heterocycles. The van der Waals surface area contributed by atoms with E-state index in [1.807, 2.05) is 23.1 Å². The number of ether oxygens (including phenoxy) is 1. The van der Waals surface area contributed by atoms with Crippen LogP contribution in [-0.4, -0.2) is 42.7 Å². The van der Waals surface area contributed by atoms with Gasteiger partial charge in [-0.3, -0.25) is 10.1 Å². The summed E-state index contributed by atoms with van der Waals surface area (Å²) in [5.41, 5.74) is 0.0623. The largest absolute Gasteiger partial charge is 0.497 e. The first-order valence-corrected chi connectivity index (χ1v) is 7.74. The van der Waals surface area contributed by atoms with Crippen molar-refractivity contribution < 1.29 is 14.3 Å². The highest BCUT2D eigenvalue weighted by Gasteiger charge is 2.51. The highest BCUT2D eigenvalue weighted by Crippen LogP contribution is 2.35. The van der Waals surface area contributed by atoms with Crippen LogP contribution in [-0.2, 0) is 4.79 Å². The minimum absolute atomic E-state index is 0.247. The van der Waals surface area contributed by atoms with Gasteiger partial charge < -0.3 is 15.0 Å². The lowest BCUT2D eigenvalue weighted by atomic mass is 10.00. The zero-order chi connectivity index (χ0) is 15.3. The molecule has 3 amide bonds. The molecule has 4 rings (SSSR count). The molecule has 1 aromatic carbocycles. The number of hydrogen-bond acceptors (Lipinski definition) is 6. The Hall–Kier alpha value is -2.35. The summed E-state index contributed by atoms with van der Waals surface area (Å²) in [4.78, 5) is 30.0. The van der Waals surface area contributed by atoms with Gasteiger partial charge in [0.2, 0.25) is 0 Å². The Morgan fingerprint density at radius 3 is 3.00 bits per heavy atom. The van der Waals surface area contributed by atoms with Gasteiger partial charge in [-0.05, 0) is 18.6 Å². The summed E-state index contributed by atoms with van der Waals surface area (Å²) in [6.45, 7) is 1.13. The maximum absolute atomic E-state index is 12.0. The van der Waals surface area contributed by atoms with Crippen LogP contribution >= 0.6 is 11.3 Å². The van der Waals surface area contributed by atoms with E-state index in [-0.39, 0.29) is 5.91 Å². The molecule has 2 fully saturated rings. The van der Waals surface area contributed by atoms with Gasteiger partial charge in [0, 0.05) is 12.6 Å². The normalized spacial score (nSPS) is 24.1. The maximum atomic E-state index is 12.0. The third kappa shape index (κ3) is 1.91. The van der Waals surface area contributed by atoms with E-state index >= 15 is 0 Å². The highest BCUT2D eigenvalue weighted by atomic mass is 32.1. The summed E-state index contributed by atoms with van der Waals surface area (Å²) < 4.78 is 6.28. The molecule has 2 aliphatic rings. The van der Waals surface area contributed by atoms with Crippen LogP contribution < -0.4 is 20.3 Å². The van der Waals surface area contributed by atoms with Gasteiger partial charge in [-0.25, -0.2) is 9.78 Å². The Morgan fingerprint density at radius 1 is 1.41 bits per heavy atom. The summed E-state index contributed by atoms with van der Waals surface area (Å²) in [6, 6.07) is 5.36. The molecule has 22 heavy (non-hydrogen) atoms. The van der Waals surface area contributed by atoms with Crippen LogP contribution in [0.2, 0.25) is 0 Å². The first kappa shape index (κ1) is 13.3. The molecule has 2 saturated heterocycles. The molecule has 1 atom stereocenters. The third-order valence-electron chi connectivity index (χ3n) is 4.14. The standard InChI is InChI=1S/C14H14N4O3S/c1-21-8-2-3-10-9(6-8)15-13(22-10)18-5-4-14(7-18)11(19)16-12(20)17-14/h2-3,6H,4-5,7H2,1H3,(H2,16,17,19,20). The molecule has 0 bridgehead atoms. The molecule has 114 valence electrons. The number of benzene rings is 1. The van der Waals surface area contributed by atoms with Gasteiger partial charge in [0.1, 0.15) is 11.3 Å². The molecule has 0 saturated carbocycles. The molecular formula is C14H14N4O3S. The second-order valence-electron chi connectivity index (χ2n) is 5.49. The van der Waals surface area contributed by atoms with Crippen molar-refractivity contribution in [2.75, 3.05) is 25.1 Å². The molecule has 0 aliphatic carbocycles. The van der Waals surface area contributed by atoms with E-state index in [2.05, 4.69) is 15.6 Å². The molecule has 1 unspecified atom stereocenters. The second kappa shape index (κ2) is 4.57. The van der Waals surface area contributed by atoms with Gasteiger partial charge in [0.15, 0.2) is 5.13 Å². The zero-order valence-electron chi connectivity index (χ0n) is 11.9. The molecule has 2 N–H and O–H groups in total. The van der Waals surface area contributed by atoms with E-state index in [1.54, 1.807) is 18.4 Å². The maximum Gasteiger partial charge on any atom is 0.322 e. The van der Waals surface area contributed by atoms with E-state index in [0.717, 1.165) is 21.1 Å². The minimum Gasteiger partial charge on any atom is -0.497 e. The number of rotatable bonds is 2. The van der Waals surface area contributed by atoms with E-state index in [1.165, 1.54) is 0 Å². The lowest BCUT2D eigenvalue weighted by molar-refractivity contribution is -0.123. The van der Waals surface area contributed by atoms with Crippen molar-refractivity contribution >= 4 is 38.6 Å². The molecule has 8 heteroatoms. The summed E-state index contributed by atoms with van der Waals surface area (Å²) >= 11 is 1.57. The summed E-state index contributed by atoms with van der Waals surface area (Å²) in [6.07, 6.45) is 0.587. The van der Waals surface area contributed by atoms with Gasteiger partial charge in [0.05, 0.1) is 23.9 Å². The van der Waals surface area contributed by atoms with Crippen molar-refractivity contribution in [1.29, 1.82) is 0 Å². The lowest BCUT2D eigenvalue weighted by Gasteiger charge is -2.20. The average molecular weight is 318 g/mol. The van der Waals surface area contributed by atoms with E-state index in [4.69, 9.17) is 4.74 Å². The van der Waals surface area contributed by atoms with Gasteiger partial charge in [0.25, 0.3) is 5.91 Å². The van der Waals surface area contributed by atoms with Crippen LogP contribution in [0.15, 0.2) is 18.2 Å². The summed E-state index contributed by atoms with van der Waals surface area (Å²) in [5, 5.41) is 5.92. The Kier molecular flexibility index (Phi) is 2.77. The smallest absolute Gasteiger partial charge is 0.322 e. The quantitative estimate of drug-likeness (QED) is 0.810.